The molecule has 1 saturated heterocycles. The molecule has 0 bridgehead atoms. The predicted octanol–water partition coefficient (Wildman–Crippen LogP) is 5.94. The van der Waals surface area contributed by atoms with Crippen LogP contribution in [0.15, 0.2) is 103 Å². The number of benzene rings is 3. The molecule has 0 aromatic heterocycles. The first kappa shape index (κ1) is 93.6. The van der Waals surface area contributed by atoms with Crippen molar-refractivity contribution < 1.29 is 114 Å². The largest absolute Gasteiger partial charge is 0.481 e. The summed E-state index contributed by atoms with van der Waals surface area (Å²) in [5.41, 5.74) is 2.57. The van der Waals surface area contributed by atoms with Crippen molar-refractivity contribution in [2.45, 2.75) is 192 Å². The lowest BCUT2D eigenvalue weighted by Gasteiger charge is -2.63. The van der Waals surface area contributed by atoms with Crippen LogP contribution in [-0.4, -0.2) is 221 Å². The summed E-state index contributed by atoms with van der Waals surface area (Å²) in [6.07, 6.45) is -0.298. The molecule has 0 radical (unpaired) electrons. The number of carbonyl (C=O) groups excluding carboxylic acids is 11. The average molecular weight is 1650 g/mol. The second-order valence-electron chi connectivity index (χ2n) is 30.6. The summed E-state index contributed by atoms with van der Waals surface area (Å²) in [5, 5.41) is 41.9. The first-order valence-electron chi connectivity index (χ1n) is 40.2. The van der Waals surface area contributed by atoms with Crippen molar-refractivity contribution in [3.05, 3.63) is 125 Å². The Labute approximate surface area is 685 Å². The van der Waals surface area contributed by atoms with Gasteiger partial charge in [-0.15, -0.1) is 0 Å². The van der Waals surface area contributed by atoms with E-state index in [0.29, 0.717) is 24.9 Å². The molecule has 5 aliphatic rings. The molecule has 34 heteroatoms. The molecule has 118 heavy (non-hydrogen) atoms. The number of urea groups is 1. The molecule has 4 fully saturated rings. The zero-order chi connectivity index (χ0) is 85.7. The van der Waals surface area contributed by atoms with Crippen LogP contribution in [0.1, 0.15) is 141 Å². The lowest BCUT2D eigenvalue weighted by Crippen LogP contribution is -2.71. The Morgan fingerprint density at radius 2 is 1.39 bits per heavy atom. The maximum atomic E-state index is 17.9. The molecule has 0 spiro atoms. The van der Waals surface area contributed by atoms with Gasteiger partial charge < -0.3 is 101 Å². The molecule has 12 N–H and O–H groups in total. The molecule has 1 heterocycles. The van der Waals surface area contributed by atoms with E-state index in [4.69, 9.17) is 43.6 Å². The highest BCUT2D eigenvalue weighted by molar-refractivity contribution is 6.02. The van der Waals surface area contributed by atoms with Gasteiger partial charge in [-0.1, -0.05) is 114 Å². The topological polar surface area (TPSA) is 445 Å². The third kappa shape index (κ3) is 24.4. The standard InChI is InChI=1S/C84H114F2N10O22/c1-8-16-74-117-68-45-59-60-44-62(85)61-43-58(97)30-32-81(61,6)83(60,86)66(98)46-82(59,7)84(68,118-74)67(99)50-115-51-91-71(102)47-90-80(110)116-49-53-22-24-57(25-23-53)92-76(106)63(20-15-33-89-79(87)109)94-78(108)75(52(4)5)95-77(107)64(26-29-73(104)105)93-70(101)31-35-111-37-39-113-41-42-114-40-38-112-36-34-88-69(100)27-28-72(103)96(65-21-14-13-18-55(65)10-3)48-56-19-12-11-17-54(56)9-2/h10-14,17-19,21-25,30,32,43,52,59-60,62-64,66,68,74-75,98H,3,8-9,15-16,20,26-29,31,33-42,44-51H2,1-2,4-7H3,(H,88,100)(H,90,110)(H,91,102)(H,92,106)(H,93,101)(H,94,108)(H,95,107)(H,104,105)(H3,87,89,109)/t59-,60-,62-,63-,64+,66-,68+,74?,75-,81-,82-,83-,84+/m0/s1. The number of rotatable bonds is 49. The van der Waals surface area contributed by atoms with Crippen molar-refractivity contribution in [1.82, 2.24) is 37.2 Å². The molecule has 4 aliphatic carbocycles. The molecule has 1 aliphatic heterocycles. The SMILES string of the molecule is C=Cc1ccccc1N(Cc1ccccc1CC)C(=O)CCC(=O)NCCOCCOCCOCCOCCC(=O)N[C@H](CCC(=O)O)C(=O)N[C@H](C(=O)N[C@@H](CCCNC(N)=O)C(=O)Nc1ccc(COC(=O)NCC(=O)NCOCC(=O)[C@@]23OC(CCC)O[C@@H]2C[C@H]2[C@@H]4C[C@H](F)C5=CC(=O)C=C[C@]5(C)[C@@]4(F)[C@@H](O)C[C@@]23C)cc1)C(C)C. The summed E-state index contributed by atoms with van der Waals surface area (Å²) >= 11 is 0. The number of fused-ring (bicyclic) bond motifs is 7. The van der Waals surface area contributed by atoms with Gasteiger partial charge >= 0.3 is 18.1 Å². The fraction of sp³-hybridized carbons (Fsp3) is 0.571. The number of hydrogen-bond donors (Lipinski definition) is 11. The van der Waals surface area contributed by atoms with Gasteiger partial charge in [-0.2, -0.15) is 0 Å². The van der Waals surface area contributed by atoms with E-state index in [1.54, 1.807) is 31.7 Å². The number of primary amides is 1. The fourth-order valence-corrected chi connectivity index (χ4v) is 16.3. The highest BCUT2D eigenvalue weighted by Gasteiger charge is 2.80. The van der Waals surface area contributed by atoms with Gasteiger partial charge in [-0.25, -0.2) is 18.4 Å². The number of aliphatic hydroxyl groups excluding tert-OH is 1. The number of nitrogens with zero attached hydrogens (tertiary/aromatic N) is 1. The van der Waals surface area contributed by atoms with E-state index in [-0.39, 0.29) is 153 Å². The summed E-state index contributed by atoms with van der Waals surface area (Å²) in [7, 11) is 0. The minimum atomic E-state index is -2.39. The maximum absolute atomic E-state index is 17.9. The van der Waals surface area contributed by atoms with Crippen LogP contribution in [0.3, 0.4) is 0 Å². The zero-order valence-corrected chi connectivity index (χ0v) is 67.9. The van der Waals surface area contributed by atoms with Gasteiger partial charge in [0.15, 0.2) is 29.1 Å². The van der Waals surface area contributed by atoms with Crippen molar-refractivity contribution >= 4 is 88.5 Å². The van der Waals surface area contributed by atoms with Gasteiger partial charge in [0.25, 0.3) is 0 Å². The lowest BCUT2D eigenvalue weighted by molar-refractivity contribution is -0.235. The van der Waals surface area contributed by atoms with Crippen LogP contribution in [0.5, 0.6) is 0 Å². The molecule has 3 aromatic rings. The third-order valence-corrected chi connectivity index (χ3v) is 22.4. The molecule has 1 unspecified atom stereocenters. The first-order valence-corrected chi connectivity index (χ1v) is 40.2. The molecule has 32 nitrogen and oxygen atoms in total. The summed E-state index contributed by atoms with van der Waals surface area (Å²) < 4.78 is 80.1. The number of allylic oxidation sites excluding steroid dienone is 4. The van der Waals surface area contributed by atoms with E-state index in [1.165, 1.54) is 43.3 Å². The number of carbonyl (C=O) groups is 12. The van der Waals surface area contributed by atoms with Crippen LogP contribution in [0.2, 0.25) is 0 Å². The molecule has 3 aromatic carbocycles. The van der Waals surface area contributed by atoms with E-state index in [9.17, 15) is 67.7 Å². The van der Waals surface area contributed by atoms with Crippen molar-refractivity contribution in [3.63, 3.8) is 0 Å². The molecule has 8 rings (SSSR count). The first-order chi connectivity index (χ1) is 56.4. The summed E-state index contributed by atoms with van der Waals surface area (Å²) in [6, 6.07) is 16.7. The van der Waals surface area contributed by atoms with E-state index in [0.717, 1.165) is 34.9 Å². The number of amides is 10. The fourth-order valence-electron chi connectivity index (χ4n) is 16.3. The molecule has 3 saturated carbocycles. The Morgan fingerprint density at radius 1 is 0.720 bits per heavy atom. The number of Topliss-reactive ketones (excluding diaryl/α,β-unsaturated/α-hetero) is 1. The number of para-hydroxylation sites is 1. The molecular weight excluding hydrogens is 1540 g/mol. The summed E-state index contributed by atoms with van der Waals surface area (Å²) in [6.45, 7) is 14.4. The predicted molar refractivity (Wildman–Crippen MR) is 427 cm³/mol. The van der Waals surface area contributed by atoms with Crippen molar-refractivity contribution in [2.75, 3.05) is 96.0 Å². The van der Waals surface area contributed by atoms with Gasteiger partial charge in [0, 0.05) is 61.2 Å². The molecule has 10 amide bonds. The second-order valence-corrected chi connectivity index (χ2v) is 30.6. The Balaban J connectivity index is 0.700. The quantitative estimate of drug-likeness (QED) is 0.0230. The average Bonchev–Trinajstić information content (AvgIpc) is 1.46. The summed E-state index contributed by atoms with van der Waals surface area (Å²) in [4.78, 5) is 159. The number of aryl methyl sites for hydroxylation is 1. The van der Waals surface area contributed by atoms with E-state index in [2.05, 4.69) is 56.0 Å². The smallest absolute Gasteiger partial charge is 0.407 e. The van der Waals surface area contributed by atoms with Crippen molar-refractivity contribution in [3.8, 4) is 0 Å². The molecule has 13 atom stereocenters. The van der Waals surface area contributed by atoms with Crippen molar-refractivity contribution in [2.24, 2.45) is 34.3 Å². The van der Waals surface area contributed by atoms with Gasteiger partial charge in [0.05, 0.1) is 77.3 Å². The van der Waals surface area contributed by atoms with Gasteiger partial charge in [0.1, 0.15) is 50.8 Å². The number of aliphatic hydroxyl groups is 1. The normalized spacial score (nSPS) is 23.4. The van der Waals surface area contributed by atoms with Crippen LogP contribution in [0.25, 0.3) is 6.08 Å². The minimum absolute atomic E-state index is 0.00181. The van der Waals surface area contributed by atoms with E-state index < -0.39 is 168 Å². The zero-order valence-electron chi connectivity index (χ0n) is 67.9. The number of aliphatic carboxylic acids is 1. The molecule has 646 valence electrons. The number of ketones is 2. The minimum Gasteiger partial charge on any atom is -0.481 e. The number of hydrogen-bond acceptors (Lipinski definition) is 21. The molecular formula is C84H114F2N10O22. The van der Waals surface area contributed by atoms with Gasteiger partial charge in [0.2, 0.25) is 41.4 Å². The monoisotopic (exact) mass is 1650 g/mol. The Morgan fingerprint density at radius 3 is 2.06 bits per heavy atom. The van der Waals surface area contributed by atoms with Crippen molar-refractivity contribution in [1.29, 1.82) is 0 Å². The Kier molecular flexibility index (Phi) is 35.5. The number of carboxylic acid groups (broad SMARTS) is 1. The number of ether oxygens (including phenoxy) is 8. The highest BCUT2D eigenvalue weighted by atomic mass is 19.1. The number of nitrogens with two attached hydrogens (primary N) is 1. The van der Waals surface area contributed by atoms with Crippen LogP contribution in [0, 0.1) is 28.6 Å². The highest BCUT2D eigenvalue weighted by Crippen LogP contribution is 2.72. The maximum Gasteiger partial charge on any atom is 0.407 e. The lowest BCUT2D eigenvalue weighted by atomic mass is 9.44. The van der Waals surface area contributed by atoms with Crippen LogP contribution in [-0.2, 0) is 105 Å². The van der Waals surface area contributed by atoms with E-state index in [1.807, 2.05) is 55.5 Å². The second kappa shape index (κ2) is 44.7. The van der Waals surface area contributed by atoms with E-state index >= 15 is 8.78 Å². The number of alkyl carbamates (subject to hydrolysis) is 1. The number of halogens is 2. The van der Waals surface area contributed by atoms with Gasteiger partial charge in [-0.3, -0.25) is 47.9 Å². The van der Waals surface area contributed by atoms with Crippen LogP contribution in [0.4, 0.5) is 29.7 Å². The summed E-state index contributed by atoms with van der Waals surface area (Å²) in [5.74, 6) is -8.95. The Hall–Kier alpha value is -9.94. The Bertz CT molecular complexity index is 4080. The number of nitrogens with one attached hydrogen (secondary N) is 8. The van der Waals surface area contributed by atoms with Gasteiger partial charge in [-0.05, 0) is 128 Å². The number of alkyl halides is 2. The number of anilines is 2. The van der Waals surface area contributed by atoms with Crippen LogP contribution >= 0.6 is 0 Å². The third-order valence-electron chi connectivity index (χ3n) is 22.4. The van der Waals surface area contributed by atoms with Crippen LogP contribution < -0.4 is 53.2 Å². The number of carboxylic acids is 1.